The topological polar surface area (TPSA) is 55.1 Å². The van der Waals surface area contributed by atoms with Crippen molar-refractivity contribution in [1.29, 1.82) is 0 Å². The van der Waals surface area contributed by atoms with Crippen LogP contribution >= 0.6 is 12.4 Å². The van der Waals surface area contributed by atoms with E-state index in [2.05, 4.69) is 5.32 Å². The normalized spacial score (nSPS) is 39.8. The van der Waals surface area contributed by atoms with Gasteiger partial charge in [0.15, 0.2) is 0 Å². The van der Waals surface area contributed by atoms with Crippen LogP contribution in [0.5, 0.6) is 0 Å². The van der Waals surface area contributed by atoms with Crippen molar-refractivity contribution in [3.63, 3.8) is 0 Å². The average Bonchev–Trinajstić information content (AvgIpc) is 2.09. The van der Waals surface area contributed by atoms with Crippen LogP contribution in [-0.4, -0.2) is 17.0 Å². The molecule has 0 aliphatic heterocycles. The number of carbonyl (C=O) groups excluding carboxylic acids is 1. The lowest BCUT2D eigenvalue weighted by Crippen LogP contribution is -2.60. The smallest absolute Gasteiger partial charge is 0.222 e. The zero-order valence-corrected chi connectivity index (χ0v) is 12.9. The number of amides is 1. The molecule has 1 amide bonds. The zero-order chi connectivity index (χ0) is 13.0. The molecule has 0 saturated heterocycles. The number of halogens is 1. The molecule has 0 aromatic carbocycles. The SMILES string of the molecule is CC(C)(N)CC(=O)NC12CC3CC(CC(C3)C1)C2.Cl. The lowest BCUT2D eigenvalue weighted by molar-refractivity contribution is -0.127. The van der Waals surface area contributed by atoms with Gasteiger partial charge in [-0.1, -0.05) is 0 Å². The highest BCUT2D eigenvalue weighted by molar-refractivity contribution is 5.85. The summed E-state index contributed by atoms with van der Waals surface area (Å²) in [6, 6.07) is 0. The Morgan fingerprint density at radius 2 is 1.58 bits per heavy atom. The highest BCUT2D eigenvalue weighted by Gasteiger charge is 2.51. The maximum Gasteiger partial charge on any atom is 0.222 e. The fourth-order valence-electron chi connectivity index (χ4n) is 5.02. The van der Waals surface area contributed by atoms with Crippen LogP contribution in [0.2, 0.25) is 0 Å². The number of carbonyl (C=O) groups is 1. The molecule has 4 rings (SSSR count). The highest BCUT2D eigenvalue weighted by Crippen LogP contribution is 2.55. The number of hydrogen-bond donors (Lipinski definition) is 2. The van der Waals surface area contributed by atoms with Crippen molar-refractivity contribution in [2.45, 2.75) is 69.9 Å². The van der Waals surface area contributed by atoms with Crippen molar-refractivity contribution in [2.75, 3.05) is 0 Å². The quantitative estimate of drug-likeness (QED) is 0.838. The number of rotatable bonds is 3. The Balaban J connectivity index is 0.00000133. The molecular weight excluding hydrogens is 260 g/mol. The molecule has 0 radical (unpaired) electrons. The molecule has 0 aromatic rings. The van der Waals surface area contributed by atoms with E-state index in [-0.39, 0.29) is 23.9 Å². The van der Waals surface area contributed by atoms with Crippen LogP contribution in [0.3, 0.4) is 0 Å². The van der Waals surface area contributed by atoms with Crippen molar-refractivity contribution in [3.05, 3.63) is 0 Å². The first-order valence-corrected chi connectivity index (χ1v) is 7.43. The summed E-state index contributed by atoms with van der Waals surface area (Å²) in [6.45, 7) is 3.85. The summed E-state index contributed by atoms with van der Waals surface area (Å²) >= 11 is 0. The van der Waals surface area contributed by atoms with Crippen molar-refractivity contribution in [1.82, 2.24) is 5.32 Å². The highest BCUT2D eigenvalue weighted by atomic mass is 35.5. The van der Waals surface area contributed by atoms with E-state index in [1.165, 1.54) is 38.5 Å². The molecule has 4 aliphatic carbocycles. The monoisotopic (exact) mass is 286 g/mol. The lowest BCUT2D eigenvalue weighted by Gasteiger charge is -2.57. The van der Waals surface area contributed by atoms with Gasteiger partial charge in [-0.05, 0) is 70.1 Å². The Labute approximate surface area is 122 Å². The standard InChI is InChI=1S/C15H26N2O.ClH/c1-14(2,16)9-13(18)17-15-6-10-3-11(7-15)5-12(4-10)8-15;/h10-12H,3-9,16H2,1-2H3,(H,17,18);1H. The van der Waals surface area contributed by atoms with Crippen LogP contribution in [0.25, 0.3) is 0 Å². The number of hydrogen-bond acceptors (Lipinski definition) is 2. The van der Waals surface area contributed by atoms with E-state index >= 15 is 0 Å². The van der Waals surface area contributed by atoms with Gasteiger partial charge >= 0.3 is 0 Å². The van der Waals surface area contributed by atoms with E-state index in [1.807, 2.05) is 13.8 Å². The maximum absolute atomic E-state index is 12.2. The van der Waals surface area contributed by atoms with Gasteiger partial charge in [-0.3, -0.25) is 4.79 Å². The minimum absolute atomic E-state index is 0. The predicted octanol–water partition coefficient (Wildman–Crippen LogP) is 2.62. The first-order chi connectivity index (χ1) is 8.34. The molecule has 4 fully saturated rings. The molecule has 0 aromatic heterocycles. The van der Waals surface area contributed by atoms with E-state index in [0.29, 0.717) is 6.42 Å². The summed E-state index contributed by atoms with van der Waals surface area (Å²) in [5.41, 5.74) is 5.68. The third kappa shape index (κ3) is 3.25. The minimum Gasteiger partial charge on any atom is -0.351 e. The van der Waals surface area contributed by atoms with Gasteiger partial charge in [0.25, 0.3) is 0 Å². The average molecular weight is 287 g/mol. The summed E-state index contributed by atoms with van der Waals surface area (Å²) in [5.74, 6) is 2.79. The molecule has 3 N–H and O–H groups in total. The molecule has 3 nitrogen and oxygen atoms in total. The second-order valence-corrected chi connectivity index (χ2v) is 7.91. The third-order valence-electron chi connectivity index (χ3n) is 5.06. The van der Waals surface area contributed by atoms with Gasteiger partial charge in [-0.15, -0.1) is 12.4 Å². The molecule has 4 aliphatic rings. The Bertz CT molecular complexity index is 326. The van der Waals surface area contributed by atoms with Crippen molar-refractivity contribution in [3.8, 4) is 0 Å². The summed E-state index contributed by atoms with van der Waals surface area (Å²) in [5, 5.41) is 3.36. The maximum atomic E-state index is 12.2. The second kappa shape index (κ2) is 4.92. The first-order valence-electron chi connectivity index (χ1n) is 7.43. The molecule has 4 heteroatoms. The Kier molecular flexibility index (Phi) is 3.92. The Morgan fingerprint density at radius 3 is 1.95 bits per heavy atom. The molecule has 19 heavy (non-hydrogen) atoms. The summed E-state index contributed by atoms with van der Waals surface area (Å²) in [4.78, 5) is 12.2. The molecule has 0 spiro atoms. The van der Waals surface area contributed by atoms with Crippen LogP contribution in [0.1, 0.15) is 58.8 Å². The first kappa shape index (κ1) is 15.1. The van der Waals surface area contributed by atoms with Crippen molar-refractivity contribution in [2.24, 2.45) is 23.5 Å². The largest absolute Gasteiger partial charge is 0.351 e. The second-order valence-electron chi connectivity index (χ2n) is 7.91. The van der Waals surface area contributed by atoms with Gasteiger partial charge in [0.2, 0.25) is 5.91 Å². The summed E-state index contributed by atoms with van der Waals surface area (Å²) in [6.07, 6.45) is 8.34. The van der Waals surface area contributed by atoms with Crippen LogP contribution < -0.4 is 11.1 Å². The summed E-state index contributed by atoms with van der Waals surface area (Å²) < 4.78 is 0. The van der Waals surface area contributed by atoms with Gasteiger partial charge < -0.3 is 11.1 Å². The molecule has 4 saturated carbocycles. The van der Waals surface area contributed by atoms with Gasteiger partial charge in [-0.2, -0.15) is 0 Å². The zero-order valence-electron chi connectivity index (χ0n) is 12.1. The minimum atomic E-state index is -0.396. The van der Waals surface area contributed by atoms with Gasteiger partial charge in [-0.25, -0.2) is 0 Å². The van der Waals surface area contributed by atoms with Crippen LogP contribution in [-0.2, 0) is 4.79 Å². The van der Waals surface area contributed by atoms with Gasteiger partial charge in [0, 0.05) is 17.5 Å². The molecule has 0 atom stereocenters. The summed E-state index contributed by atoms with van der Waals surface area (Å²) in [7, 11) is 0. The van der Waals surface area contributed by atoms with Crippen molar-refractivity contribution < 1.29 is 4.79 Å². The van der Waals surface area contributed by atoms with Crippen LogP contribution in [0.4, 0.5) is 0 Å². The Hall–Kier alpha value is -0.280. The van der Waals surface area contributed by atoms with Gasteiger partial charge in [0.1, 0.15) is 0 Å². The molecular formula is C15H27ClN2O. The molecule has 110 valence electrons. The third-order valence-corrected chi connectivity index (χ3v) is 5.06. The predicted molar refractivity (Wildman–Crippen MR) is 79.2 cm³/mol. The van der Waals surface area contributed by atoms with E-state index in [4.69, 9.17) is 5.73 Å². The van der Waals surface area contributed by atoms with Crippen LogP contribution in [0, 0.1) is 17.8 Å². The van der Waals surface area contributed by atoms with Gasteiger partial charge in [0.05, 0.1) is 0 Å². The molecule has 0 heterocycles. The molecule has 4 bridgehead atoms. The van der Waals surface area contributed by atoms with Crippen molar-refractivity contribution >= 4 is 18.3 Å². The van der Waals surface area contributed by atoms with E-state index in [9.17, 15) is 4.79 Å². The van der Waals surface area contributed by atoms with Crippen LogP contribution in [0.15, 0.2) is 0 Å². The molecule has 0 unspecified atom stereocenters. The van der Waals surface area contributed by atoms with E-state index in [1.54, 1.807) is 0 Å². The fraction of sp³-hybridized carbons (Fsp3) is 0.933. The fourth-order valence-corrected chi connectivity index (χ4v) is 5.02. The lowest BCUT2D eigenvalue weighted by atomic mass is 9.53. The van der Waals surface area contributed by atoms with E-state index in [0.717, 1.165) is 17.8 Å². The Morgan fingerprint density at radius 1 is 1.16 bits per heavy atom. The number of nitrogens with one attached hydrogen (secondary N) is 1. The number of nitrogens with two attached hydrogens (primary N) is 1. The van der Waals surface area contributed by atoms with E-state index < -0.39 is 5.54 Å².